The molecular weight excluding hydrogens is 520 g/mol. The largest absolute Gasteiger partial charge is 0.334 e. The molecule has 1 heterocycles. The molecule has 0 radical (unpaired) electrons. The average Bonchev–Trinajstić information content (AvgIpc) is 2.75. The highest BCUT2D eigenvalue weighted by molar-refractivity contribution is 14.1. The van der Waals surface area contributed by atoms with E-state index in [0.717, 1.165) is 55.7 Å². The summed E-state index contributed by atoms with van der Waals surface area (Å²) in [5, 5.41) is 11.8. The molecule has 9 heteroatoms. The summed E-state index contributed by atoms with van der Waals surface area (Å²) in [6.07, 6.45) is 4.14. The molecular formula is C20H31IN3O3PS. The Morgan fingerprint density at radius 1 is 1.03 bits per heavy atom. The van der Waals surface area contributed by atoms with Crippen LogP contribution in [0.5, 0.6) is 0 Å². The van der Waals surface area contributed by atoms with Crippen molar-refractivity contribution in [2.75, 3.05) is 13.2 Å². The predicted octanol–water partition coefficient (Wildman–Crippen LogP) is 5.73. The lowest BCUT2D eigenvalue weighted by Gasteiger charge is -2.11. The van der Waals surface area contributed by atoms with E-state index in [1.165, 1.54) is 5.56 Å². The quantitative estimate of drug-likeness (QED) is 0.198. The first kappa shape index (κ1) is 26.6. The Morgan fingerprint density at radius 3 is 2.34 bits per heavy atom. The molecule has 6 nitrogen and oxygen atoms in total. The van der Waals surface area contributed by atoms with E-state index in [-0.39, 0.29) is 0 Å². The fraction of sp³-hybridized carbons (Fsp3) is 0.500. The van der Waals surface area contributed by atoms with Gasteiger partial charge in [-0.2, -0.15) is 10.2 Å². The normalized spacial score (nSPS) is 12.7. The molecule has 0 saturated heterocycles. The third-order valence-electron chi connectivity index (χ3n) is 3.97. The summed E-state index contributed by atoms with van der Waals surface area (Å²) in [7, 11) is 0. The smallest absolute Gasteiger partial charge is 0.324 e. The van der Waals surface area contributed by atoms with Crippen LogP contribution in [0.25, 0.3) is 11.3 Å². The van der Waals surface area contributed by atoms with Crippen LogP contribution < -0.4 is 5.32 Å². The zero-order valence-corrected chi connectivity index (χ0v) is 21.2. The minimum absolute atomic E-state index is 0.446. The highest BCUT2D eigenvalue weighted by Gasteiger charge is 2.12. The van der Waals surface area contributed by atoms with Gasteiger partial charge in [-0.1, -0.05) is 51.0 Å². The number of halogens is 1. The second-order valence-corrected chi connectivity index (χ2v) is 10.1. The average molecular weight is 551 g/mol. The predicted molar refractivity (Wildman–Crippen MR) is 131 cm³/mol. The van der Waals surface area contributed by atoms with Gasteiger partial charge in [-0.3, -0.25) is 0 Å². The SMILES string of the molecule is CC.Cc1ccc(-c2ccc(CNCCCCCCOP(O)(=S)OI)cc2)nn1. The molecule has 1 aromatic carbocycles. The van der Waals surface area contributed by atoms with E-state index in [1.54, 1.807) is 23.0 Å². The fourth-order valence-electron chi connectivity index (χ4n) is 2.48. The van der Waals surface area contributed by atoms with Gasteiger partial charge in [0.05, 0.1) is 18.0 Å². The van der Waals surface area contributed by atoms with Gasteiger partial charge in [0.2, 0.25) is 0 Å². The van der Waals surface area contributed by atoms with Gasteiger partial charge in [-0.15, -0.1) is 0 Å². The third kappa shape index (κ3) is 11.5. The molecule has 1 aromatic heterocycles. The van der Waals surface area contributed by atoms with Crippen molar-refractivity contribution in [2.24, 2.45) is 0 Å². The van der Waals surface area contributed by atoms with E-state index in [9.17, 15) is 4.89 Å². The monoisotopic (exact) mass is 551 g/mol. The van der Waals surface area contributed by atoms with E-state index in [2.05, 4.69) is 42.6 Å². The second-order valence-electron chi connectivity index (χ2n) is 6.22. The summed E-state index contributed by atoms with van der Waals surface area (Å²) in [6.45, 7) is 5.20. The molecule has 0 amide bonds. The topological polar surface area (TPSA) is 76.5 Å². The van der Waals surface area contributed by atoms with Crippen LogP contribution in [0.3, 0.4) is 0 Å². The summed E-state index contributed by atoms with van der Waals surface area (Å²) >= 11 is 6.35. The molecule has 2 rings (SSSR count). The van der Waals surface area contributed by atoms with Crippen LogP contribution in [0.2, 0.25) is 0 Å². The Kier molecular flexibility index (Phi) is 14.0. The van der Waals surface area contributed by atoms with E-state index in [0.29, 0.717) is 6.61 Å². The summed E-state index contributed by atoms with van der Waals surface area (Å²) in [5.74, 6) is 0. The zero-order valence-electron chi connectivity index (χ0n) is 17.3. The number of rotatable bonds is 12. The Bertz CT molecular complexity index is 733. The first-order chi connectivity index (χ1) is 14.0. The maximum absolute atomic E-state index is 9.45. The van der Waals surface area contributed by atoms with Gasteiger partial charge in [0.25, 0.3) is 0 Å². The minimum atomic E-state index is -3.00. The van der Waals surface area contributed by atoms with Gasteiger partial charge in [-0.25, -0.2) is 2.85 Å². The van der Waals surface area contributed by atoms with Crippen molar-refractivity contribution < 1.29 is 12.3 Å². The molecule has 0 aliphatic heterocycles. The van der Waals surface area contributed by atoms with E-state index < -0.39 is 6.72 Å². The van der Waals surface area contributed by atoms with Crippen molar-refractivity contribution in [3.63, 3.8) is 0 Å². The third-order valence-corrected chi connectivity index (χ3v) is 7.59. The van der Waals surface area contributed by atoms with Crippen LogP contribution in [0, 0.1) is 6.92 Å². The summed E-state index contributed by atoms with van der Waals surface area (Å²) in [6, 6.07) is 12.4. The molecule has 0 aliphatic rings. The first-order valence-electron chi connectivity index (χ1n) is 9.88. The highest BCUT2D eigenvalue weighted by atomic mass is 127. The van der Waals surface area contributed by atoms with Crippen LogP contribution in [0.4, 0.5) is 0 Å². The summed E-state index contributed by atoms with van der Waals surface area (Å²) < 4.78 is 9.83. The standard InChI is InChI=1S/C18H25IN3O3PS.C2H6/c1-15-6-11-18(22-21-15)17-9-7-16(8-10-17)14-20-12-4-2-3-5-13-24-26(23,27)25-19;1-2/h6-11,20H,2-5,12-14H2,1H3,(H,23,27);1-2H3. The number of benzene rings is 1. The van der Waals surface area contributed by atoms with Crippen molar-refractivity contribution in [3.05, 3.63) is 47.7 Å². The van der Waals surface area contributed by atoms with Crippen LogP contribution in [0.1, 0.15) is 50.8 Å². The second kappa shape index (κ2) is 15.3. The van der Waals surface area contributed by atoms with E-state index in [4.69, 9.17) is 16.3 Å². The molecule has 2 N–H and O–H groups in total. The zero-order chi connectivity index (χ0) is 21.5. The fourth-order valence-corrected chi connectivity index (χ4v) is 3.45. The number of hydrogen-bond acceptors (Lipinski definition) is 6. The number of hydrogen-bond donors (Lipinski definition) is 2. The lowest BCUT2D eigenvalue weighted by molar-refractivity contribution is 0.264. The summed E-state index contributed by atoms with van der Waals surface area (Å²) in [5.41, 5.74) is 4.14. The molecule has 162 valence electrons. The summed E-state index contributed by atoms with van der Waals surface area (Å²) in [4.78, 5) is 9.45. The molecule has 1 unspecified atom stereocenters. The van der Waals surface area contributed by atoms with Crippen molar-refractivity contribution in [3.8, 4) is 11.3 Å². The van der Waals surface area contributed by atoms with E-state index in [1.807, 2.05) is 32.9 Å². The first-order valence-corrected chi connectivity index (χ1v) is 13.4. The van der Waals surface area contributed by atoms with E-state index >= 15 is 0 Å². The van der Waals surface area contributed by atoms with Crippen LogP contribution in [0.15, 0.2) is 36.4 Å². The van der Waals surface area contributed by atoms with Gasteiger partial charge in [-0.05, 0) is 55.8 Å². The number of aromatic nitrogens is 2. The lowest BCUT2D eigenvalue weighted by Crippen LogP contribution is -2.14. The molecule has 0 saturated carbocycles. The van der Waals surface area contributed by atoms with Gasteiger partial charge >= 0.3 is 6.72 Å². The van der Waals surface area contributed by atoms with Crippen molar-refractivity contribution >= 4 is 41.5 Å². The minimum Gasteiger partial charge on any atom is -0.324 e. The van der Waals surface area contributed by atoms with Crippen molar-refractivity contribution in [2.45, 2.75) is 53.0 Å². The number of nitrogens with one attached hydrogen (secondary N) is 1. The van der Waals surface area contributed by atoms with Gasteiger partial charge in [0.1, 0.15) is 23.0 Å². The molecule has 29 heavy (non-hydrogen) atoms. The van der Waals surface area contributed by atoms with Crippen molar-refractivity contribution in [1.82, 2.24) is 15.5 Å². The van der Waals surface area contributed by atoms with Crippen LogP contribution >= 0.6 is 29.7 Å². The Labute approximate surface area is 193 Å². The molecule has 0 bridgehead atoms. The Balaban J connectivity index is 0.00000204. The molecule has 0 fully saturated rings. The highest BCUT2D eigenvalue weighted by Crippen LogP contribution is 2.46. The Morgan fingerprint density at radius 2 is 1.72 bits per heavy atom. The van der Waals surface area contributed by atoms with Crippen molar-refractivity contribution in [1.29, 1.82) is 0 Å². The van der Waals surface area contributed by atoms with Crippen LogP contribution in [-0.4, -0.2) is 28.2 Å². The van der Waals surface area contributed by atoms with Gasteiger partial charge in [0, 0.05) is 12.1 Å². The molecule has 0 aliphatic carbocycles. The molecule has 2 aromatic rings. The maximum atomic E-state index is 9.45. The maximum Gasteiger partial charge on any atom is 0.334 e. The molecule has 1 atom stereocenters. The van der Waals surface area contributed by atoms with Gasteiger partial charge < -0.3 is 14.7 Å². The molecule has 0 spiro atoms. The number of unbranched alkanes of at least 4 members (excludes halogenated alkanes) is 3. The number of nitrogens with zero attached hydrogens (tertiary/aromatic N) is 2. The van der Waals surface area contributed by atoms with Crippen LogP contribution in [-0.2, 0) is 25.7 Å². The number of aryl methyl sites for hydroxylation is 1. The van der Waals surface area contributed by atoms with Gasteiger partial charge in [0.15, 0.2) is 0 Å². The Hall–Kier alpha value is -0.480. The lowest BCUT2D eigenvalue weighted by atomic mass is 10.1.